The molecule has 2 saturated carbocycles. The number of aromatic nitrogens is 1. The summed E-state index contributed by atoms with van der Waals surface area (Å²) in [6.45, 7) is 0. The molecule has 2 aliphatic rings. The first-order valence-corrected chi connectivity index (χ1v) is 8.59. The van der Waals surface area contributed by atoms with E-state index < -0.39 is 0 Å². The molecule has 4 rings (SSSR count). The predicted octanol–water partition coefficient (Wildman–Crippen LogP) is 4.37. The van der Waals surface area contributed by atoms with Gasteiger partial charge in [-0.2, -0.15) is 5.26 Å². The van der Waals surface area contributed by atoms with Gasteiger partial charge in [-0.15, -0.1) is 0 Å². The first-order valence-electron chi connectivity index (χ1n) is 8.59. The lowest BCUT2D eigenvalue weighted by atomic mass is 10.0. The zero-order valence-electron chi connectivity index (χ0n) is 13.2. The Balaban J connectivity index is 1.62. The molecule has 1 aromatic carbocycles. The molecule has 2 aromatic rings. The number of benzene rings is 1. The van der Waals surface area contributed by atoms with Gasteiger partial charge in [-0.05, 0) is 49.8 Å². The summed E-state index contributed by atoms with van der Waals surface area (Å²) in [7, 11) is 0. The second-order valence-electron chi connectivity index (χ2n) is 6.92. The summed E-state index contributed by atoms with van der Waals surface area (Å²) in [5, 5.41) is 13.3. The predicted molar refractivity (Wildman–Crippen MR) is 90.1 cm³/mol. The fourth-order valence-electron chi connectivity index (χ4n) is 3.78. The summed E-state index contributed by atoms with van der Waals surface area (Å²) in [4.78, 5) is 12.4. The summed E-state index contributed by atoms with van der Waals surface area (Å²) in [5.74, 6) is 1.57. The average molecular weight is 307 g/mol. The summed E-state index contributed by atoms with van der Waals surface area (Å²) < 4.78 is 2.21. The molecule has 1 N–H and O–H groups in total. The number of hydrogen-bond donors (Lipinski definition) is 1. The van der Waals surface area contributed by atoms with Gasteiger partial charge in [-0.1, -0.05) is 18.9 Å². The standard InChI is InChI=1S/C19H21N3O/c20-12-14-5-6-15-11-18(22(16-7-8-16)17(15)9-14)21-19(23)10-13-3-1-2-4-13/h5-6,9,11,13,16H,1-4,7-8,10H2,(H,21,23). The van der Waals surface area contributed by atoms with E-state index in [4.69, 9.17) is 5.26 Å². The van der Waals surface area contributed by atoms with E-state index in [2.05, 4.69) is 16.0 Å². The number of carbonyl (C=O) groups excluding carboxylic acids is 1. The maximum Gasteiger partial charge on any atom is 0.225 e. The Morgan fingerprint density at radius 3 is 2.70 bits per heavy atom. The van der Waals surface area contributed by atoms with Gasteiger partial charge < -0.3 is 9.88 Å². The highest BCUT2D eigenvalue weighted by Gasteiger charge is 2.28. The molecule has 4 heteroatoms. The molecule has 118 valence electrons. The topological polar surface area (TPSA) is 57.8 Å². The summed E-state index contributed by atoms with van der Waals surface area (Å²) in [6, 6.07) is 10.4. The molecular formula is C19H21N3O. The summed E-state index contributed by atoms with van der Waals surface area (Å²) in [6.07, 6.45) is 7.82. The molecule has 0 saturated heterocycles. The summed E-state index contributed by atoms with van der Waals surface area (Å²) >= 11 is 0. The van der Waals surface area contributed by atoms with Crippen molar-refractivity contribution in [2.75, 3.05) is 5.32 Å². The zero-order chi connectivity index (χ0) is 15.8. The minimum atomic E-state index is 0.127. The Morgan fingerprint density at radius 2 is 2.00 bits per heavy atom. The number of carbonyl (C=O) groups is 1. The van der Waals surface area contributed by atoms with Crippen LogP contribution in [0, 0.1) is 17.2 Å². The Morgan fingerprint density at radius 1 is 1.22 bits per heavy atom. The number of nitriles is 1. The van der Waals surface area contributed by atoms with Gasteiger partial charge >= 0.3 is 0 Å². The third-order valence-electron chi connectivity index (χ3n) is 5.10. The van der Waals surface area contributed by atoms with Crippen LogP contribution in [0.1, 0.15) is 56.6 Å². The Bertz CT molecular complexity index is 789. The van der Waals surface area contributed by atoms with Crippen molar-refractivity contribution in [1.82, 2.24) is 4.57 Å². The van der Waals surface area contributed by atoms with E-state index in [1.165, 1.54) is 25.7 Å². The van der Waals surface area contributed by atoms with Gasteiger partial charge in [-0.25, -0.2) is 0 Å². The molecule has 1 aromatic heterocycles. The number of fused-ring (bicyclic) bond motifs is 1. The lowest BCUT2D eigenvalue weighted by Gasteiger charge is -2.13. The second kappa shape index (κ2) is 5.73. The quantitative estimate of drug-likeness (QED) is 0.912. The van der Waals surface area contributed by atoms with Crippen LogP contribution in [-0.2, 0) is 4.79 Å². The van der Waals surface area contributed by atoms with Crippen LogP contribution in [0.15, 0.2) is 24.3 Å². The van der Waals surface area contributed by atoms with E-state index in [9.17, 15) is 4.79 Å². The molecule has 2 aliphatic carbocycles. The maximum absolute atomic E-state index is 12.4. The van der Waals surface area contributed by atoms with Crippen LogP contribution in [0.2, 0.25) is 0 Å². The van der Waals surface area contributed by atoms with Crippen molar-refractivity contribution in [1.29, 1.82) is 5.26 Å². The van der Waals surface area contributed by atoms with Crippen LogP contribution in [0.3, 0.4) is 0 Å². The fraction of sp³-hybridized carbons (Fsp3) is 0.474. The van der Waals surface area contributed by atoms with Gasteiger partial charge in [0.05, 0.1) is 17.1 Å². The maximum atomic E-state index is 12.4. The van der Waals surface area contributed by atoms with Crippen LogP contribution in [0.25, 0.3) is 10.9 Å². The van der Waals surface area contributed by atoms with Crippen molar-refractivity contribution in [2.24, 2.45) is 5.92 Å². The molecule has 1 heterocycles. The minimum Gasteiger partial charge on any atom is -0.324 e. The van der Waals surface area contributed by atoms with Gasteiger partial charge in [0.1, 0.15) is 5.82 Å². The third-order valence-corrected chi connectivity index (χ3v) is 5.10. The van der Waals surface area contributed by atoms with Crippen LogP contribution in [-0.4, -0.2) is 10.5 Å². The number of nitrogens with zero attached hydrogens (tertiary/aromatic N) is 2. The molecule has 4 nitrogen and oxygen atoms in total. The lowest BCUT2D eigenvalue weighted by molar-refractivity contribution is -0.117. The number of amides is 1. The highest BCUT2D eigenvalue weighted by atomic mass is 16.1. The van der Waals surface area contributed by atoms with Crippen LogP contribution < -0.4 is 5.32 Å². The molecule has 0 bridgehead atoms. The van der Waals surface area contributed by atoms with Crippen molar-refractivity contribution in [2.45, 2.75) is 51.0 Å². The molecule has 2 fully saturated rings. The van der Waals surface area contributed by atoms with E-state index in [0.717, 1.165) is 29.6 Å². The van der Waals surface area contributed by atoms with Gasteiger partial charge in [0.15, 0.2) is 0 Å². The highest BCUT2D eigenvalue weighted by molar-refractivity contribution is 5.95. The van der Waals surface area contributed by atoms with Crippen LogP contribution >= 0.6 is 0 Å². The van der Waals surface area contributed by atoms with Gasteiger partial charge in [0.25, 0.3) is 0 Å². The van der Waals surface area contributed by atoms with Crippen LogP contribution in [0.4, 0.5) is 5.82 Å². The van der Waals surface area contributed by atoms with E-state index in [1.807, 2.05) is 24.3 Å². The number of rotatable bonds is 4. The Labute approximate surface area is 136 Å². The van der Waals surface area contributed by atoms with Gasteiger partial charge in [-0.3, -0.25) is 4.79 Å². The van der Waals surface area contributed by atoms with Crippen LogP contribution in [0.5, 0.6) is 0 Å². The van der Waals surface area contributed by atoms with Gasteiger partial charge in [0.2, 0.25) is 5.91 Å². The van der Waals surface area contributed by atoms with E-state index in [1.54, 1.807) is 0 Å². The van der Waals surface area contributed by atoms with Crippen molar-refractivity contribution in [3.05, 3.63) is 29.8 Å². The second-order valence-corrected chi connectivity index (χ2v) is 6.92. The van der Waals surface area contributed by atoms with Crippen molar-refractivity contribution >= 4 is 22.6 Å². The number of anilines is 1. The molecule has 0 unspecified atom stereocenters. The Hall–Kier alpha value is -2.28. The molecule has 1 amide bonds. The lowest BCUT2D eigenvalue weighted by Crippen LogP contribution is -2.17. The van der Waals surface area contributed by atoms with Crippen molar-refractivity contribution in [3.8, 4) is 6.07 Å². The SMILES string of the molecule is N#Cc1ccc2cc(NC(=O)CC3CCCC3)n(C3CC3)c2c1. The Kier molecular flexibility index (Phi) is 3.57. The third kappa shape index (κ3) is 2.84. The molecule has 0 radical (unpaired) electrons. The smallest absolute Gasteiger partial charge is 0.225 e. The number of hydrogen-bond acceptors (Lipinski definition) is 2. The largest absolute Gasteiger partial charge is 0.324 e. The first-order chi connectivity index (χ1) is 11.2. The number of nitrogens with one attached hydrogen (secondary N) is 1. The highest BCUT2D eigenvalue weighted by Crippen LogP contribution is 2.41. The normalized spacial score (nSPS) is 18.2. The summed E-state index contributed by atoms with van der Waals surface area (Å²) in [5.41, 5.74) is 1.73. The first kappa shape index (κ1) is 14.3. The molecule has 0 atom stereocenters. The fourth-order valence-corrected chi connectivity index (χ4v) is 3.78. The molecule has 0 spiro atoms. The zero-order valence-corrected chi connectivity index (χ0v) is 13.2. The average Bonchev–Trinajstić information content (AvgIpc) is 3.13. The molecular weight excluding hydrogens is 286 g/mol. The van der Waals surface area contributed by atoms with Gasteiger partial charge in [0, 0.05) is 17.8 Å². The van der Waals surface area contributed by atoms with E-state index >= 15 is 0 Å². The van der Waals surface area contributed by atoms with Crippen molar-refractivity contribution in [3.63, 3.8) is 0 Å². The van der Waals surface area contributed by atoms with E-state index in [0.29, 0.717) is 23.9 Å². The monoisotopic (exact) mass is 307 g/mol. The molecule has 0 aliphatic heterocycles. The van der Waals surface area contributed by atoms with Crippen molar-refractivity contribution < 1.29 is 4.79 Å². The van der Waals surface area contributed by atoms with E-state index in [-0.39, 0.29) is 5.91 Å². The minimum absolute atomic E-state index is 0.127. The molecule has 23 heavy (non-hydrogen) atoms.